The van der Waals surface area contributed by atoms with Crippen molar-refractivity contribution in [2.75, 3.05) is 0 Å². The van der Waals surface area contributed by atoms with E-state index >= 15 is 0 Å². The smallest absolute Gasteiger partial charge is 0.152 e. The van der Waals surface area contributed by atoms with Gasteiger partial charge in [-0.2, -0.15) is 0 Å². The zero-order chi connectivity index (χ0) is 9.10. The molecule has 2 aromatic rings. The van der Waals surface area contributed by atoms with Gasteiger partial charge in [-0.1, -0.05) is 13.3 Å². The normalized spacial score (nSPS) is 10.8. The lowest BCUT2D eigenvalue weighted by atomic mass is 10.2. The lowest BCUT2D eigenvalue weighted by Gasteiger charge is -1.90. The topological polar surface area (TPSA) is 26.0 Å². The molecule has 0 spiro atoms. The molecule has 0 aliphatic heterocycles. The van der Waals surface area contributed by atoms with Crippen molar-refractivity contribution in [2.24, 2.45) is 0 Å². The lowest BCUT2D eigenvalue weighted by molar-refractivity contribution is 0.536. The van der Waals surface area contributed by atoms with Crippen LogP contribution in [0.2, 0.25) is 0 Å². The number of nitrogens with zero attached hydrogens (tertiary/aromatic N) is 1. The monoisotopic (exact) mass is 175 g/mol. The highest BCUT2D eigenvalue weighted by molar-refractivity contribution is 5.72. The predicted octanol–water partition coefficient (Wildman–Crippen LogP) is 3.17. The first-order valence-corrected chi connectivity index (χ1v) is 4.73. The number of unbranched alkanes of at least 4 members (excludes halogenated alkanes) is 1. The van der Waals surface area contributed by atoms with Gasteiger partial charge in [0.05, 0.1) is 0 Å². The van der Waals surface area contributed by atoms with Gasteiger partial charge in [0.15, 0.2) is 5.58 Å². The van der Waals surface area contributed by atoms with E-state index in [0.717, 1.165) is 23.3 Å². The number of aryl methyl sites for hydroxylation is 1. The molecule has 2 heterocycles. The fourth-order valence-electron chi connectivity index (χ4n) is 1.39. The average Bonchev–Trinajstić information content (AvgIpc) is 2.57. The number of pyridine rings is 1. The molecule has 13 heavy (non-hydrogen) atoms. The fourth-order valence-corrected chi connectivity index (χ4v) is 1.39. The van der Waals surface area contributed by atoms with Crippen molar-refractivity contribution in [1.29, 1.82) is 0 Å². The maximum absolute atomic E-state index is 5.61. The fraction of sp³-hybridized carbons (Fsp3) is 0.364. The Morgan fingerprint density at radius 3 is 3.15 bits per heavy atom. The lowest BCUT2D eigenvalue weighted by Crippen LogP contribution is -1.78. The summed E-state index contributed by atoms with van der Waals surface area (Å²) >= 11 is 0. The van der Waals surface area contributed by atoms with Crippen molar-refractivity contribution >= 4 is 11.1 Å². The van der Waals surface area contributed by atoms with E-state index in [1.165, 1.54) is 12.8 Å². The second kappa shape index (κ2) is 3.60. The minimum absolute atomic E-state index is 0.897. The van der Waals surface area contributed by atoms with Crippen LogP contribution in [0.5, 0.6) is 0 Å². The molecule has 0 aliphatic rings. The summed E-state index contributed by atoms with van der Waals surface area (Å²) in [6, 6.07) is 5.89. The molecular weight excluding hydrogens is 162 g/mol. The molecule has 68 valence electrons. The molecule has 0 unspecified atom stereocenters. The Labute approximate surface area is 77.6 Å². The number of rotatable bonds is 3. The zero-order valence-corrected chi connectivity index (χ0v) is 7.79. The number of hydrogen-bond donors (Lipinski definition) is 0. The Morgan fingerprint density at radius 2 is 2.38 bits per heavy atom. The van der Waals surface area contributed by atoms with Gasteiger partial charge in [-0.25, -0.2) is 0 Å². The van der Waals surface area contributed by atoms with Crippen LogP contribution in [0, 0.1) is 0 Å². The summed E-state index contributed by atoms with van der Waals surface area (Å²) in [6.45, 7) is 2.18. The second-order valence-corrected chi connectivity index (χ2v) is 3.20. The molecule has 0 saturated heterocycles. The van der Waals surface area contributed by atoms with E-state index in [0.29, 0.717) is 0 Å². The molecule has 0 atom stereocenters. The second-order valence-electron chi connectivity index (χ2n) is 3.20. The Kier molecular flexibility index (Phi) is 2.30. The van der Waals surface area contributed by atoms with Crippen molar-refractivity contribution < 1.29 is 4.42 Å². The molecule has 2 aromatic heterocycles. The van der Waals surface area contributed by atoms with Crippen LogP contribution in [-0.4, -0.2) is 4.98 Å². The molecule has 2 heteroatoms. The molecular formula is C11H13NO. The first-order valence-electron chi connectivity index (χ1n) is 4.73. The van der Waals surface area contributed by atoms with Crippen molar-refractivity contribution in [2.45, 2.75) is 26.2 Å². The van der Waals surface area contributed by atoms with Crippen LogP contribution in [0.4, 0.5) is 0 Å². The maximum Gasteiger partial charge on any atom is 0.152 e. The van der Waals surface area contributed by atoms with Crippen molar-refractivity contribution in [3.8, 4) is 0 Å². The molecule has 0 amide bonds. The Balaban J connectivity index is 2.28. The van der Waals surface area contributed by atoms with Gasteiger partial charge >= 0.3 is 0 Å². The zero-order valence-electron chi connectivity index (χ0n) is 7.79. The van der Waals surface area contributed by atoms with E-state index in [1.54, 1.807) is 6.20 Å². The molecule has 2 rings (SSSR count). The van der Waals surface area contributed by atoms with Crippen LogP contribution in [0.25, 0.3) is 11.1 Å². The van der Waals surface area contributed by atoms with Gasteiger partial charge in [-0.15, -0.1) is 0 Å². The van der Waals surface area contributed by atoms with Crippen LogP contribution < -0.4 is 0 Å². The summed E-state index contributed by atoms with van der Waals surface area (Å²) < 4.78 is 5.61. The van der Waals surface area contributed by atoms with Gasteiger partial charge in [0.1, 0.15) is 11.3 Å². The van der Waals surface area contributed by atoms with E-state index in [2.05, 4.69) is 11.9 Å². The van der Waals surface area contributed by atoms with E-state index < -0.39 is 0 Å². The Morgan fingerprint density at radius 1 is 1.46 bits per heavy atom. The highest BCUT2D eigenvalue weighted by atomic mass is 16.3. The number of aromatic nitrogens is 1. The third-order valence-corrected chi connectivity index (χ3v) is 2.12. The standard InChI is InChI=1S/C11H13NO/c1-2-3-5-9-8-10-11(13-9)6-4-7-12-10/h4,6-8H,2-3,5H2,1H3. The average molecular weight is 175 g/mol. The van der Waals surface area contributed by atoms with Gasteiger partial charge in [-0.3, -0.25) is 4.98 Å². The molecule has 0 radical (unpaired) electrons. The van der Waals surface area contributed by atoms with Gasteiger partial charge in [0, 0.05) is 18.7 Å². The number of furan rings is 1. The van der Waals surface area contributed by atoms with Crippen LogP contribution >= 0.6 is 0 Å². The summed E-state index contributed by atoms with van der Waals surface area (Å²) in [4.78, 5) is 4.22. The van der Waals surface area contributed by atoms with E-state index in [4.69, 9.17) is 4.42 Å². The van der Waals surface area contributed by atoms with Crippen molar-refractivity contribution in [3.63, 3.8) is 0 Å². The van der Waals surface area contributed by atoms with Crippen molar-refractivity contribution in [3.05, 3.63) is 30.2 Å². The molecule has 0 saturated carbocycles. The van der Waals surface area contributed by atoms with Gasteiger partial charge in [0.25, 0.3) is 0 Å². The predicted molar refractivity (Wildman–Crippen MR) is 52.6 cm³/mol. The number of hydrogen-bond acceptors (Lipinski definition) is 2. The summed E-state index contributed by atoms with van der Waals surface area (Å²) in [5.41, 5.74) is 1.86. The first-order chi connectivity index (χ1) is 6.40. The third-order valence-electron chi connectivity index (χ3n) is 2.12. The highest BCUT2D eigenvalue weighted by Crippen LogP contribution is 2.17. The van der Waals surface area contributed by atoms with Crippen molar-refractivity contribution in [1.82, 2.24) is 4.98 Å². The quantitative estimate of drug-likeness (QED) is 0.716. The van der Waals surface area contributed by atoms with E-state index in [-0.39, 0.29) is 0 Å². The minimum atomic E-state index is 0.897. The Hall–Kier alpha value is -1.31. The molecule has 0 aromatic carbocycles. The minimum Gasteiger partial charge on any atom is -0.459 e. The van der Waals surface area contributed by atoms with Gasteiger partial charge < -0.3 is 4.42 Å². The third kappa shape index (κ3) is 1.72. The van der Waals surface area contributed by atoms with Crippen LogP contribution in [-0.2, 0) is 6.42 Å². The van der Waals surface area contributed by atoms with Crippen LogP contribution in [0.1, 0.15) is 25.5 Å². The molecule has 0 fully saturated rings. The summed E-state index contributed by atoms with van der Waals surface area (Å²) in [6.07, 6.45) is 5.19. The summed E-state index contributed by atoms with van der Waals surface area (Å²) in [5, 5.41) is 0. The van der Waals surface area contributed by atoms with Gasteiger partial charge in [-0.05, 0) is 18.6 Å². The molecule has 0 bridgehead atoms. The van der Waals surface area contributed by atoms with E-state index in [1.807, 2.05) is 18.2 Å². The largest absolute Gasteiger partial charge is 0.459 e. The first kappa shape index (κ1) is 8.30. The summed E-state index contributed by atoms with van der Waals surface area (Å²) in [5.74, 6) is 1.05. The summed E-state index contributed by atoms with van der Waals surface area (Å²) in [7, 11) is 0. The molecule has 2 nitrogen and oxygen atoms in total. The highest BCUT2D eigenvalue weighted by Gasteiger charge is 2.02. The molecule has 0 N–H and O–H groups in total. The van der Waals surface area contributed by atoms with Crippen LogP contribution in [0.3, 0.4) is 0 Å². The Bertz CT molecular complexity index is 359. The van der Waals surface area contributed by atoms with Gasteiger partial charge in [0.2, 0.25) is 0 Å². The molecule has 0 aliphatic carbocycles. The number of fused-ring (bicyclic) bond motifs is 1. The maximum atomic E-state index is 5.61. The van der Waals surface area contributed by atoms with Crippen LogP contribution in [0.15, 0.2) is 28.8 Å². The van der Waals surface area contributed by atoms with E-state index in [9.17, 15) is 0 Å². The SMILES string of the molecule is CCCCc1cc2ncccc2o1.